The molecule has 1 rings (SSSR count). The summed E-state index contributed by atoms with van der Waals surface area (Å²) in [5.74, 6) is 0. The third-order valence-corrected chi connectivity index (χ3v) is 2.42. The molecule has 1 aromatic carbocycles. The van der Waals surface area contributed by atoms with E-state index >= 15 is 0 Å². The van der Waals surface area contributed by atoms with Crippen molar-refractivity contribution in [2.45, 2.75) is 13.3 Å². The van der Waals surface area contributed by atoms with Gasteiger partial charge in [0.25, 0.3) is 0 Å². The third kappa shape index (κ3) is 3.24. The standard InChI is InChI=1S/C12H18N2O2/c1-3-10-6-4-5-7-11(10)13-12(16)14(2)8-9-15/h4-7,15H,3,8-9H2,1-2H3,(H,13,16). The Bertz CT molecular complexity index is 353. The molecule has 0 aliphatic rings. The highest BCUT2D eigenvalue weighted by Crippen LogP contribution is 2.15. The molecular formula is C12H18N2O2. The first kappa shape index (κ1) is 12.5. The topological polar surface area (TPSA) is 52.6 Å². The molecule has 88 valence electrons. The van der Waals surface area contributed by atoms with Gasteiger partial charge in [0.1, 0.15) is 0 Å². The molecule has 0 heterocycles. The number of rotatable bonds is 4. The number of para-hydroxylation sites is 1. The van der Waals surface area contributed by atoms with Crippen molar-refractivity contribution in [2.24, 2.45) is 0 Å². The molecule has 0 aliphatic carbocycles. The van der Waals surface area contributed by atoms with Crippen LogP contribution >= 0.6 is 0 Å². The van der Waals surface area contributed by atoms with Crippen LogP contribution in [0.2, 0.25) is 0 Å². The van der Waals surface area contributed by atoms with Crippen molar-refractivity contribution >= 4 is 11.7 Å². The van der Waals surface area contributed by atoms with E-state index < -0.39 is 0 Å². The zero-order chi connectivity index (χ0) is 12.0. The second-order valence-electron chi connectivity index (χ2n) is 3.59. The van der Waals surface area contributed by atoms with Gasteiger partial charge in [-0.15, -0.1) is 0 Å². The first-order chi connectivity index (χ1) is 7.69. The summed E-state index contributed by atoms with van der Waals surface area (Å²) in [6, 6.07) is 7.51. The van der Waals surface area contributed by atoms with Crippen molar-refractivity contribution in [2.75, 3.05) is 25.5 Å². The molecule has 0 saturated carbocycles. The predicted octanol–water partition coefficient (Wildman–Crippen LogP) is 1.70. The molecule has 0 radical (unpaired) electrons. The van der Waals surface area contributed by atoms with Crippen LogP contribution in [0.1, 0.15) is 12.5 Å². The lowest BCUT2D eigenvalue weighted by Gasteiger charge is -2.17. The number of hydrogen-bond donors (Lipinski definition) is 2. The summed E-state index contributed by atoms with van der Waals surface area (Å²) in [7, 11) is 1.65. The van der Waals surface area contributed by atoms with Gasteiger partial charge in [0, 0.05) is 19.3 Å². The van der Waals surface area contributed by atoms with E-state index in [1.54, 1.807) is 7.05 Å². The molecule has 0 unspecified atom stereocenters. The van der Waals surface area contributed by atoms with Gasteiger partial charge in [-0.05, 0) is 18.1 Å². The summed E-state index contributed by atoms with van der Waals surface area (Å²) in [4.78, 5) is 13.1. The number of nitrogens with one attached hydrogen (secondary N) is 1. The van der Waals surface area contributed by atoms with Crippen molar-refractivity contribution in [3.63, 3.8) is 0 Å². The lowest BCUT2D eigenvalue weighted by molar-refractivity contribution is 0.202. The van der Waals surface area contributed by atoms with Crippen LogP contribution < -0.4 is 5.32 Å². The van der Waals surface area contributed by atoms with Gasteiger partial charge in [-0.25, -0.2) is 4.79 Å². The summed E-state index contributed by atoms with van der Waals surface area (Å²) >= 11 is 0. The summed E-state index contributed by atoms with van der Waals surface area (Å²) in [6.07, 6.45) is 0.875. The van der Waals surface area contributed by atoms with Gasteiger partial charge < -0.3 is 15.3 Å². The molecule has 4 heteroatoms. The minimum Gasteiger partial charge on any atom is -0.395 e. The van der Waals surface area contributed by atoms with E-state index in [0.29, 0.717) is 6.54 Å². The van der Waals surface area contributed by atoms with Crippen LogP contribution in [0.25, 0.3) is 0 Å². The molecule has 1 aromatic rings. The molecule has 0 aromatic heterocycles. The van der Waals surface area contributed by atoms with Crippen LogP contribution in [0.4, 0.5) is 10.5 Å². The zero-order valence-electron chi connectivity index (χ0n) is 9.73. The van der Waals surface area contributed by atoms with Crippen LogP contribution in [-0.2, 0) is 6.42 Å². The van der Waals surface area contributed by atoms with Crippen LogP contribution in [0.15, 0.2) is 24.3 Å². The second kappa shape index (κ2) is 6.12. The summed E-state index contributed by atoms with van der Waals surface area (Å²) in [5, 5.41) is 11.6. The SMILES string of the molecule is CCc1ccccc1NC(=O)N(C)CCO. The molecule has 4 nitrogen and oxygen atoms in total. The molecule has 2 N–H and O–H groups in total. The van der Waals surface area contributed by atoms with E-state index in [2.05, 4.69) is 5.32 Å². The quantitative estimate of drug-likeness (QED) is 0.814. The Labute approximate surface area is 95.9 Å². The fraction of sp³-hybridized carbons (Fsp3) is 0.417. The smallest absolute Gasteiger partial charge is 0.321 e. The highest BCUT2D eigenvalue weighted by molar-refractivity contribution is 5.89. The summed E-state index contributed by atoms with van der Waals surface area (Å²) < 4.78 is 0. The van der Waals surface area contributed by atoms with E-state index in [1.165, 1.54) is 4.90 Å². The third-order valence-electron chi connectivity index (χ3n) is 2.42. The van der Waals surface area contributed by atoms with Crippen LogP contribution in [-0.4, -0.2) is 36.2 Å². The predicted molar refractivity (Wildman–Crippen MR) is 64.6 cm³/mol. The fourth-order valence-electron chi connectivity index (χ4n) is 1.41. The highest BCUT2D eigenvalue weighted by atomic mass is 16.3. The largest absolute Gasteiger partial charge is 0.395 e. The number of carbonyl (C=O) groups is 1. The number of carbonyl (C=O) groups excluding carboxylic acids is 1. The van der Waals surface area contributed by atoms with Crippen molar-refractivity contribution in [3.05, 3.63) is 29.8 Å². The number of aliphatic hydroxyl groups excluding tert-OH is 1. The Morgan fingerprint density at radius 2 is 2.12 bits per heavy atom. The molecule has 0 spiro atoms. The zero-order valence-corrected chi connectivity index (χ0v) is 9.73. The van der Waals surface area contributed by atoms with Gasteiger partial charge in [0.15, 0.2) is 0 Å². The second-order valence-corrected chi connectivity index (χ2v) is 3.59. The number of aliphatic hydroxyl groups is 1. The Balaban J connectivity index is 2.69. The first-order valence-corrected chi connectivity index (χ1v) is 5.40. The number of hydrogen-bond acceptors (Lipinski definition) is 2. The average molecular weight is 222 g/mol. The molecule has 0 fully saturated rings. The Kier molecular flexibility index (Phi) is 4.79. The minimum atomic E-state index is -0.199. The molecule has 16 heavy (non-hydrogen) atoms. The lowest BCUT2D eigenvalue weighted by Crippen LogP contribution is -2.33. The van der Waals surface area contributed by atoms with Gasteiger partial charge in [-0.3, -0.25) is 0 Å². The molecule has 2 amide bonds. The van der Waals surface area contributed by atoms with Crippen LogP contribution in [0.5, 0.6) is 0 Å². The number of aryl methyl sites for hydroxylation is 1. The van der Waals surface area contributed by atoms with Crippen molar-refractivity contribution < 1.29 is 9.90 Å². The molecule has 0 saturated heterocycles. The van der Waals surface area contributed by atoms with E-state index in [4.69, 9.17) is 5.11 Å². The van der Waals surface area contributed by atoms with Crippen molar-refractivity contribution in [3.8, 4) is 0 Å². The number of nitrogens with zero attached hydrogens (tertiary/aromatic N) is 1. The minimum absolute atomic E-state index is 0.0284. The number of likely N-dealkylation sites (N-methyl/N-ethyl adjacent to an activating group) is 1. The van der Waals surface area contributed by atoms with Gasteiger partial charge in [-0.2, -0.15) is 0 Å². The highest BCUT2D eigenvalue weighted by Gasteiger charge is 2.09. The molecule has 0 aliphatic heterocycles. The summed E-state index contributed by atoms with van der Waals surface area (Å²) in [6.45, 7) is 2.35. The van der Waals surface area contributed by atoms with Gasteiger partial charge in [0.05, 0.1) is 6.61 Å². The molecule has 0 atom stereocenters. The maximum atomic E-state index is 11.7. The van der Waals surface area contributed by atoms with E-state index in [1.807, 2.05) is 31.2 Å². The first-order valence-electron chi connectivity index (χ1n) is 5.40. The van der Waals surface area contributed by atoms with Gasteiger partial charge >= 0.3 is 6.03 Å². The average Bonchev–Trinajstić information content (AvgIpc) is 2.30. The Hall–Kier alpha value is -1.55. The number of urea groups is 1. The lowest BCUT2D eigenvalue weighted by atomic mass is 10.1. The monoisotopic (exact) mass is 222 g/mol. The number of benzene rings is 1. The normalized spacial score (nSPS) is 9.94. The summed E-state index contributed by atoms with van der Waals surface area (Å²) in [5.41, 5.74) is 1.94. The van der Waals surface area contributed by atoms with Crippen molar-refractivity contribution in [1.82, 2.24) is 4.90 Å². The van der Waals surface area contributed by atoms with Crippen LogP contribution in [0.3, 0.4) is 0 Å². The van der Waals surface area contributed by atoms with Crippen molar-refractivity contribution in [1.29, 1.82) is 0 Å². The van der Waals surface area contributed by atoms with Gasteiger partial charge in [-0.1, -0.05) is 25.1 Å². The number of amides is 2. The van der Waals surface area contributed by atoms with Gasteiger partial charge in [0.2, 0.25) is 0 Å². The molecular weight excluding hydrogens is 204 g/mol. The Morgan fingerprint density at radius 1 is 1.44 bits per heavy atom. The fourth-order valence-corrected chi connectivity index (χ4v) is 1.41. The number of anilines is 1. The van der Waals surface area contributed by atoms with E-state index in [0.717, 1.165) is 17.7 Å². The van der Waals surface area contributed by atoms with Crippen LogP contribution in [0, 0.1) is 0 Å². The maximum Gasteiger partial charge on any atom is 0.321 e. The molecule has 0 bridgehead atoms. The Morgan fingerprint density at radius 3 is 2.75 bits per heavy atom. The van der Waals surface area contributed by atoms with E-state index in [9.17, 15) is 4.79 Å². The maximum absolute atomic E-state index is 11.7. The van der Waals surface area contributed by atoms with E-state index in [-0.39, 0.29) is 12.6 Å².